The van der Waals surface area contributed by atoms with E-state index < -0.39 is 0 Å². The van der Waals surface area contributed by atoms with Crippen molar-refractivity contribution < 1.29 is 14.6 Å². The zero-order chi connectivity index (χ0) is 17.3. The smallest absolute Gasteiger partial charge is 0.129 e. The predicted octanol–water partition coefficient (Wildman–Crippen LogP) is 2.65. The second-order valence-electron chi connectivity index (χ2n) is 7.06. The summed E-state index contributed by atoms with van der Waals surface area (Å²) < 4.78 is 11.1. The normalized spacial score (nSPS) is 26.6. The maximum absolute atomic E-state index is 9.92. The largest absolute Gasteiger partial charge is 0.496 e. The number of ether oxygens (including phenoxy) is 2. The number of fused-ring (bicyclic) bond motifs is 1. The lowest BCUT2D eigenvalue weighted by atomic mass is 9.76. The van der Waals surface area contributed by atoms with E-state index in [-0.39, 0.29) is 12.0 Å². The molecule has 1 aromatic heterocycles. The summed E-state index contributed by atoms with van der Waals surface area (Å²) in [7, 11) is 1.69. The molecule has 134 valence electrons. The van der Waals surface area contributed by atoms with Gasteiger partial charge in [-0.05, 0) is 24.5 Å². The van der Waals surface area contributed by atoms with Crippen LogP contribution in [0.5, 0.6) is 5.75 Å². The molecular formula is C19H24N2O3S. The number of likely N-dealkylation sites (tertiary alicyclic amines) is 1. The van der Waals surface area contributed by atoms with E-state index in [9.17, 15) is 5.11 Å². The van der Waals surface area contributed by atoms with Crippen LogP contribution in [-0.2, 0) is 11.3 Å². The highest BCUT2D eigenvalue weighted by atomic mass is 32.1. The maximum Gasteiger partial charge on any atom is 0.129 e. The first kappa shape index (κ1) is 17.0. The van der Waals surface area contributed by atoms with Crippen molar-refractivity contribution in [1.82, 2.24) is 9.88 Å². The topological polar surface area (TPSA) is 54.8 Å². The lowest BCUT2D eigenvalue weighted by molar-refractivity contribution is -0.0561. The van der Waals surface area contributed by atoms with E-state index in [1.807, 2.05) is 30.5 Å². The summed E-state index contributed by atoms with van der Waals surface area (Å²) >= 11 is 1.72. The van der Waals surface area contributed by atoms with Gasteiger partial charge in [-0.15, -0.1) is 11.3 Å². The molecule has 2 aliphatic heterocycles. The first-order valence-corrected chi connectivity index (χ1v) is 9.55. The van der Waals surface area contributed by atoms with Crippen molar-refractivity contribution in [1.29, 1.82) is 0 Å². The summed E-state index contributed by atoms with van der Waals surface area (Å²) in [6.45, 7) is 4.52. The first-order chi connectivity index (χ1) is 12.2. The first-order valence-electron chi connectivity index (χ1n) is 8.73. The van der Waals surface area contributed by atoms with E-state index in [2.05, 4.69) is 9.88 Å². The quantitative estimate of drug-likeness (QED) is 0.888. The monoisotopic (exact) mass is 360 g/mol. The third-order valence-corrected chi connectivity index (χ3v) is 6.48. The highest BCUT2D eigenvalue weighted by Gasteiger charge is 2.48. The third-order valence-electron chi connectivity index (χ3n) is 5.47. The Labute approximate surface area is 152 Å². The molecule has 0 unspecified atom stereocenters. The molecule has 0 spiro atoms. The highest BCUT2D eigenvalue weighted by molar-refractivity contribution is 7.15. The molecule has 0 radical (unpaired) electrons. The Hall–Kier alpha value is -1.47. The number of benzene rings is 1. The van der Waals surface area contributed by atoms with Crippen molar-refractivity contribution in [2.24, 2.45) is 11.3 Å². The fraction of sp³-hybridized carbons (Fsp3) is 0.526. The molecule has 1 N–H and O–H groups in total. The van der Waals surface area contributed by atoms with E-state index in [1.54, 1.807) is 18.4 Å². The minimum absolute atomic E-state index is 0.0750. The SMILES string of the molecule is COc1ccccc1-c1ncc(CN2C[C@@H]3CCOC[C@]3(CO)C2)s1. The number of methoxy groups -OCH3 is 1. The van der Waals surface area contributed by atoms with E-state index in [0.717, 1.165) is 49.0 Å². The van der Waals surface area contributed by atoms with Crippen LogP contribution in [-0.4, -0.2) is 55.0 Å². The van der Waals surface area contributed by atoms with Gasteiger partial charge in [0.2, 0.25) is 0 Å². The van der Waals surface area contributed by atoms with E-state index >= 15 is 0 Å². The zero-order valence-electron chi connectivity index (χ0n) is 14.5. The van der Waals surface area contributed by atoms with Gasteiger partial charge in [0.1, 0.15) is 10.8 Å². The summed E-state index contributed by atoms with van der Waals surface area (Å²) in [4.78, 5) is 8.29. The molecule has 0 bridgehead atoms. The van der Waals surface area contributed by atoms with Crippen LogP contribution in [0.25, 0.3) is 10.6 Å². The minimum atomic E-state index is -0.0750. The molecular weight excluding hydrogens is 336 g/mol. The van der Waals surface area contributed by atoms with Crippen LogP contribution in [0.4, 0.5) is 0 Å². The van der Waals surface area contributed by atoms with Crippen LogP contribution >= 0.6 is 11.3 Å². The standard InChI is InChI=1S/C19H24N2O3S/c1-23-17-5-3-2-4-16(17)18-20-8-15(25-18)10-21-9-14-6-7-24-13-19(14,11-21)12-22/h2-5,8,14,22H,6-7,9-13H2,1H3/t14-,19+/m0/s1. The minimum Gasteiger partial charge on any atom is -0.496 e. The molecule has 4 rings (SSSR count). The molecule has 25 heavy (non-hydrogen) atoms. The Bertz CT molecular complexity index is 735. The van der Waals surface area contributed by atoms with Crippen molar-refractivity contribution in [3.05, 3.63) is 35.3 Å². The van der Waals surface area contributed by atoms with Gasteiger partial charge in [0.15, 0.2) is 0 Å². The van der Waals surface area contributed by atoms with E-state index in [0.29, 0.717) is 12.5 Å². The summed E-state index contributed by atoms with van der Waals surface area (Å²) in [5, 5.41) is 10.9. The van der Waals surface area contributed by atoms with Gasteiger partial charge in [-0.1, -0.05) is 12.1 Å². The van der Waals surface area contributed by atoms with Crippen LogP contribution in [0.3, 0.4) is 0 Å². The maximum atomic E-state index is 9.92. The summed E-state index contributed by atoms with van der Waals surface area (Å²) in [5.74, 6) is 1.39. The summed E-state index contributed by atoms with van der Waals surface area (Å²) in [6, 6.07) is 7.99. The molecule has 3 heterocycles. The van der Waals surface area contributed by atoms with Crippen LogP contribution in [0.15, 0.2) is 30.5 Å². The molecule has 2 aromatic rings. The Morgan fingerprint density at radius 3 is 3.12 bits per heavy atom. The number of para-hydroxylation sites is 1. The molecule has 2 aliphatic rings. The zero-order valence-corrected chi connectivity index (χ0v) is 15.3. The second-order valence-corrected chi connectivity index (χ2v) is 8.18. The number of thiazole rings is 1. The van der Waals surface area contributed by atoms with Gasteiger partial charge in [0.25, 0.3) is 0 Å². The summed E-state index contributed by atoms with van der Waals surface area (Å²) in [5.41, 5.74) is 0.964. The lowest BCUT2D eigenvalue weighted by Crippen LogP contribution is -2.42. The lowest BCUT2D eigenvalue weighted by Gasteiger charge is -2.36. The summed E-state index contributed by atoms with van der Waals surface area (Å²) in [6.07, 6.45) is 3.02. The Morgan fingerprint density at radius 1 is 1.44 bits per heavy atom. The van der Waals surface area contributed by atoms with Crippen LogP contribution < -0.4 is 4.74 Å². The molecule has 0 aliphatic carbocycles. The van der Waals surface area contributed by atoms with Gasteiger partial charge in [-0.3, -0.25) is 4.90 Å². The number of hydrogen-bond donors (Lipinski definition) is 1. The molecule has 0 amide bonds. The Balaban J connectivity index is 1.49. The van der Waals surface area contributed by atoms with E-state index in [1.165, 1.54) is 4.88 Å². The van der Waals surface area contributed by atoms with Crippen LogP contribution in [0.2, 0.25) is 0 Å². The molecule has 6 heteroatoms. The predicted molar refractivity (Wildman–Crippen MR) is 97.8 cm³/mol. The molecule has 2 fully saturated rings. The number of nitrogens with zero attached hydrogens (tertiary/aromatic N) is 2. The van der Waals surface area contributed by atoms with Gasteiger partial charge in [0.05, 0.1) is 25.9 Å². The number of rotatable bonds is 5. The molecule has 2 atom stereocenters. The Morgan fingerprint density at radius 2 is 2.32 bits per heavy atom. The second kappa shape index (κ2) is 7.03. The molecule has 5 nitrogen and oxygen atoms in total. The van der Waals surface area contributed by atoms with E-state index in [4.69, 9.17) is 9.47 Å². The van der Waals surface area contributed by atoms with Gasteiger partial charge in [0, 0.05) is 42.7 Å². The van der Waals surface area contributed by atoms with Gasteiger partial charge < -0.3 is 14.6 Å². The molecule has 1 aromatic carbocycles. The van der Waals surface area contributed by atoms with Crippen molar-refractivity contribution in [3.63, 3.8) is 0 Å². The van der Waals surface area contributed by atoms with Crippen molar-refractivity contribution in [3.8, 4) is 16.3 Å². The van der Waals surface area contributed by atoms with Crippen molar-refractivity contribution in [2.75, 3.05) is 40.0 Å². The van der Waals surface area contributed by atoms with Crippen molar-refractivity contribution >= 4 is 11.3 Å². The number of aromatic nitrogens is 1. The highest BCUT2D eigenvalue weighted by Crippen LogP contribution is 2.42. The van der Waals surface area contributed by atoms with Crippen LogP contribution in [0.1, 0.15) is 11.3 Å². The number of aliphatic hydroxyl groups is 1. The fourth-order valence-corrected chi connectivity index (χ4v) is 5.08. The average molecular weight is 360 g/mol. The fourth-order valence-electron chi connectivity index (χ4n) is 4.10. The van der Waals surface area contributed by atoms with Gasteiger partial charge in [-0.2, -0.15) is 0 Å². The Kier molecular flexibility index (Phi) is 4.78. The molecule has 0 saturated carbocycles. The van der Waals surface area contributed by atoms with Gasteiger partial charge >= 0.3 is 0 Å². The van der Waals surface area contributed by atoms with Gasteiger partial charge in [-0.25, -0.2) is 4.98 Å². The third kappa shape index (κ3) is 3.19. The number of hydrogen-bond acceptors (Lipinski definition) is 6. The average Bonchev–Trinajstić information content (AvgIpc) is 3.26. The number of aliphatic hydroxyl groups excluding tert-OH is 1. The van der Waals surface area contributed by atoms with Crippen molar-refractivity contribution in [2.45, 2.75) is 13.0 Å². The van der Waals surface area contributed by atoms with Crippen LogP contribution in [0, 0.1) is 11.3 Å². The molecule has 2 saturated heterocycles.